The molecule has 0 fully saturated rings. The number of methoxy groups -OCH3 is 1. The molecule has 0 aliphatic heterocycles. The topological polar surface area (TPSA) is 55.4 Å². The molecule has 4 nitrogen and oxygen atoms in total. The van der Waals surface area contributed by atoms with Crippen LogP contribution < -0.4 is 9.46 Å². The summed E-state index contributed by atoms with van der Waals surface area (Å²) in [5, 5.41) is -0.445. The highest BCUT2D eigenvalue weighted by molar-refractivity contribution is 7.90. The molecule has 0 radical (unpaired) electrons. The number of ether oxygens (including phenoxy) is 1. The van der Waals surface area contributed by atoms with Crippen molar-refractivity contribution >= 4 is 10.0 Å². The fourth-order valence-electron chi connectivity index (χ4n) is 1.47. The van der Waals surface area contributed by atoms with Gasteiger partial charge in [0.1, 0.15) is 5.75 Å². The summed E-state index contributed by atoms with van der Waals surface area (Å²) in [6.45, 7) is 5.10. The molecule has 1 N–H and O–H groups in total. The molecule has 0 spiro atoms. The van der Waals surface area contributed by atoms with Gasteiger partial charge in [-0.3, -0.25) is 0 Å². The summed E-state index contributed by atoms with van der Waals surface area (Å²) in [6, 6.07) is 7.07. The standard InChI is InChI=1S/C12H19NO3S/c1-9(2)17(14,15)13-10(3)11-7-5-6-8-12(11)16-4/h5-10,13H,1-4H3/t10-/m0/s1. The van der Waals surface area contributed by atoms with Gasteiger partial charge in [0, 0.05) is 11.6 Å². The van der Waals surface area contributed by atoms with Gasteiger partial charge in [0.05, 0.1) is 12.4 Å². The Morgan fingerprint density at radius 3 is 2.29 bits per heavy atom. The molecule has 1 aromatic rings. The van der Waals surface area contributed by atoms with Gasteiger partial charge >= 0.3 is 0 Å². The maximum absolute atomic E-state index is 11.8. The van der Waals surface area contributed by atoms with E-state index in [4.69, 9.17) is 4.74 Å². The highest BCUT2D eigenvalue weighted by atomic mass is 32.2. The van der Waals surface area contributed by atoms with Crippen LogP contribution in [0.2, 0.25) is 0 Å². The molecular weight excluding hydrogens is 238 g/mol. The van der Waals surface area contributed by atoms with Gasteiger partial charge in [-0.15, -0.1) is 0 Å². The van der Waals surface area contributed by atoms with Crippen molar-refractivity contribution in [2.24, 2.45) is 0 Å². The minimum atomic E-state index is -3.28. The quantitative estimate of drug-likeness (QED) is 0.878. The predicted molar refractivity (Wildman–Crippen MR) is 68.6 cm³/mol. The second-order valence-corrected chi connectivity index (χ2v) is 6.44. The van der Waals surface area contributed by atoms with Crippen LogP contribution in [0.15, 0.2) is 24.3 Å². The van der Waals surface area contributed by atoms with Crippen molar-refractivity contribution in [2.45, 2.75) is 32.1 Å². The van der Waals surface area contributed by atoms with Crippen LogP contribution in [0.3, 0.4) is 0 Å². The number of hydrogen-bond acceptors (Lipinski definition) is 3. The minimum absolute atomic E-state index is 0.307. The summed E-state index contributed by atoms with van der Waals surface area (Å²) in [7, 11) is -1.70. The van der Waals surface area contributed by atoms with E-state index in [1.807, 2.05) is 24.3 Å². The van der Waals surface area contributed by atoms with Gasteiger partial charge in [-0.25, -0.2) is 13.1 Å². The Kier molecular flexibility index (Phi) is 4.54. The third kappa shape index (κ3) is 3.44. The van der Waals surface area contributed by atoms with Crippen LogP contribution in [0.1, 0.15) is 32.4 Å². The highest BCUT2D eigenvalue weighted by Crippen LogP contribution is 2.25. The minimum Gasteiger partial charge on any atom is -0.496 e. The Morgan fingerprint density at radius 2 is 1.76 bits per heavy atom. The first kappa shape index (κ1) is 14.0. The van der Waals surface area contributed by atoms with Crippen molar-refractivity contribution in [1.29, 1.82) is 0 Å². The van der Waals surface area contributed by atoms with Gasteiger partial charge in [-0.05, 0) is 26.8 Å². The summed E-state index contributed by atoms with van der Waals surface area (Å²) >= 11 is 0. The van der Waals surface area contributed by atoms with E-state index in [-0.39, 0.29) is 6.04 Å². The SMILES string of the molecule is COc1ccccc1[C@H](C)NS(=O)(=O)C(C)C. The Hall–Kier alpha value is -1.07. The second kappa shape index (κ2) is 5.51. The fraction of sp³-hybridized carbons (Fsp3) is 0.500. The summed E-state index contributed by atoms with van der Waals surface area (Å²) in [4.78, 5) is 0. The van der Waals surface area contributed by atoms with Crippen LogP contribution in [0.25, 0.3) is 0 Å². The summed E-state index contributed by atoms with van der Waals surface area (Å²) in [5.74, 6) is 0.687. The molecule has 0 heterocycles. The van der Waals surface area contributed by atoms with E-state index in [1.165, 1.54) is 0 Å². The maximum Gasteiger partial charge on any atom is 0.214 e. The van der Waals surface area contributed by atoms with Crippen LogP contribution in [-0.2, 0) is 10.0 Å². The molecular formula is C12H19NO3S. The zero-order chi connectivity index (χ0) is 13.1. The van der Waals surface area contributed by atoms with Crippen molar-refractivity contribution in [3.8, 4) is 5.75 Å². The molecule has 0 aromatic heterocycles. The molecule has 0 amide bonds. The Balaban J connectivity index is 2.94. The molecule has 1 rings (SSSR count). The third-order valence-corrected chi connectivity index (χ3v) is 4.49. The van der Waals surface area contributed by atoms with Gasteiger partial charge in [0.25, 0.3) is 0 Å². The number of sulfonamides is 1. The highest BCUT2D eigenvalue weighted by Gasteiger charge is 2.21. The number of rotatable bonds is 5. The van der Waals surface area contributed by atoms with Crippen molar-refractivity contribution in [2.75, 3.05) is 7.11 Å². The predicted octanol–water partition coefficient (Wildman–Crippen LogP) is 2.08. The van der Waals surface area contributed by atoms with Crippen molar-refractivity contribution in [3.05, 3.63) is 29.8 Å². The van der Waals surface area contributed by atoms with E-state index in [2.05, 4.69) is 4.72 Å². The van der Waals surface area contributed by atoms with Crippen molar-refractivity contribution in [3.63, 3.8) is 0 Å². The lowest BCUT2D eigenvalue weighted by Gasteiger charge is -2.18. The summed E-state index contributed by atoms with van der Waals surface area (Å²) in [6.07, 6.45) is 0. The summed E-state index contributed by atoms with van der Waals surface area (Å²) in [5.41, 5.74) is 0.833. The van der Waals surface area contributed by atoms with E-state index in [1.54, 1.807) is 27.9 Å². The first-order valence-corrected chi connectivity index (χ1v) is 7.07. The van der Waals surface area contributed by atoms with E-state index in [9.17, 15) is 8.42 Å². The maximum atomic E-state index is 11.8. The van der Waals surface area contributed by atoms with Gasteiger partial charge in [0.2, 0.25) is 10.0 Å². The van der Waals surface area contributed by atoms with E-state index >= 15 is 0 Å². The number of nitrogens with one attached hydrogen (secondary N) is 1. The molecule has 0 aliphatic rings. The van der Waals surface area contributed by atoms with E-state index < -0.39 is 15.3 Å². The number of para-hydroxylation sites is 1. The van der Waals surface area contributed by atoms with Crippen LogP contribution >= 0.6 is 0 Å². The van der Waals surface area contributed by atoms with Crippen LogP contribution in [0.5, 0.6) is 5.75 Å². The molecule has 0 saturated carbocycles. The van der Waals surface area contributed by atoms with Gasteiger partial charge in [-0.2, -0.15) is 0 Å². The first-order valence-electron chi connectivity index (χ1n) is 5.52. The van der Waals surface area contributed by atoms with Gasteiger partial charge in [0.15, 0.2) is 0 Å². The molecule has 0 unspecified atom stereocenters. The molecule has 96 valence electrons. The Bertz CT molecular complexity index is 468. The van der Waals surface area contributed by atoms with E-state index in [0.717, 1.165) is 5.56 Å². The monoisotopic (exact) mass is 257 g/mol. The molecule has 1 atom stereocenters. The van der Waals surface area contributed by atoms with Crippen LogP contribution in [-0.4, -0.2) is 20.8 Å². The average molecular weight is 257 g/mol. The van der Waals surface area contributed by atoms with Crippen molar-refractivity contribution < 1.29 is 13.2 Å². The Morgan fingerprint density at radius 1 is 1.18 bits per heavy atom. The molecule has 5 heteroatoms. The first-order chi connectivity index (χ1) is 7.88. The molecule has 17 heavy (non-hydrogen) atoms. The molecule has 0 saturated heterocycles. The fourth-order valence-corrected chi connectivity index (χ4v) is 2.36. The molecule has 1 aromatic carbocycles. The lowest BCUT2D eigenvalue weighted by Crippen LogP contribution is -2.33. The van der Waals surface area contributed by atoms with Crippen molar-refractivity contribution in [1.82, 2.24) is 4.72 Å². The third-order valence-electron chi connectivity index (χ3n) is 2.57. The zero-order valence-corrected chi connectivity index (χ0v) is 11.4. The lowest BCUT2D eigenvalue weighted by molar-refractivity contribution is 0.405. The summed E-state index contributed by atoms with van der Waals surface area (Å²) < 4.78 is 31.4. The van der Waals surface area contributed by atoms with Gasteiger partial charge in [-0.1, -0.05) is 18.2 Å². The Labute approximate surface area is 103 Å². The van der Waals surface area contributed by atoms with E-state index in [0.29, 0.717) is 5.75 Å². The van der Waals surface area contributed by atoms with Crippen LogP contribution in [0, 0.1) is 0 Å². The largest absolute Gasteiger partial charge is 0.496 e. The van der Waals surface area contributed by atoms with Gasteiger partial charge < -0.3 is 4.74 Å². The smallest absolute Gasteiger partial charge is 0.214 e. The molecule has 0 bridgehead atoms. The normalized spacial score (nSPS) is 13.7. The lowest BCUT2D eigenvalue weighted by atomic mass is 10.1. The second-order valence-electron chi connectivity index (χ2n) is 4.18. The average Bonchev–Trinajstić information content (AvgIpc) is 2.28. The van der Waals surface area contributed by atoms with Crippen LogP contribution in [0.4, 0.5) is 0 Å². The number of benzene rings is 1. The molecule has 0 aliphatic carbocycles. The number of hydrogen-bond donors (Lipinski definition) is 1. The zero-order valence-electron chi connectivity index (χ0n) is 10.6.